The topological polar surface area (TPSA) is 90.3 Å². The molecule has 0 radical (unpaired) electrons. The average Bonchev–Trinajstić information content (AvgIpc) is 3.38. The van der Waals surface area contributed by atoms with Gasteiger partial charge in [0.15, 0.2) is 11.5 Å². The SMILES string of the molecule is COc1cc(C2C(C(=O)Nc3cccc(C)c3C)=C(C)Nc3ncnn32)ccc1OCc1ccc(Br)cc1. The summed E-state index contributed by atoms with van der Waals surface area (Å²) in [5.74, 6) is 1.51. The molecule has 5 rings (SSSR count). The van der Waals surface area contributed by atoms with Crippen LogP contribution in [-0.2, 0) is 11.4 Å². The van der Waals surface area contributed by atoms with Gasteiger partial charge in [-0.05, 0) is 73.4 Å². The van der Waals surface area contributed by atoms with Gasteiger partial charge in [0, 0.05) is 15.9 Å². The zero-order chi connectivity index (χ0) is 26.8. The highest BCUT2D eigenvalue weighted by Crippen LogP contribution is 2.39. The Labute approximate surface area is 229 Å². The third-order valence-electron chi connectivity index (χ3n) is 6.70. The van der Waals surface area contributed by atoms with E-state index in [2.05, 4.69) is 36.6 Å². The summed E-state index contributed by atoms with van der Waals surface area (Å²) < 4.78 is 14.5. The van der Waals surface area contributed by atoms with Crippen molar-refractivity contribution in [2.45, 2.75) is 33.4 Å². The maximum Gasteiger partial charge on any atom is 0.255 e. The minimum atomic E-state index is -0.520. The van der Waals surface area contributed by atoms with E-state index in [1.807, 2.05) is 81.4 Å². The highest BCUT2D eigenvalue weighted by Gasteiger charge is 2.34. The van der Waals surface area contributed by atoms with Gasteiger partial charge in [0.2, 0.25) is 5.95 Å². The molecular weight excluding hydrogens is 546 g/mol. The molecular formula is C29H28BrN5O3. The lowest BCUT2D eigenvalue weighted by Crippen LogP contribution is -2.31. The van der Waals surface area contributed by atoms with E-state index in [1.54, 1.807) is 11.8 Å². The molecule has 38 heavy (non-hydrogen) atoms. The quantitative estimate of drug-likeness (QED) is 0.274. The van der Waals surface area contributed by atoms with Gasteiger partial charge in [-0.25, -0.2) is 4.68 Å². The number of fused-ring (bicyclic) bond motifs is 1. The Bertz CT molecular complexity index is 1530. The molecule has 1 amide bonds. The molecule has 0 aliphatic carbocycles. The van der Waals surface area contributed by atoms with Crippen LogP contribution in [0.5, 0.6) is 11.5 Å². The van der Waals surface area contributed by atoms with Crippen LogP contribution >= 0.6 is 15.9 Å². The van der Waals surface area contributed by atoms with Crippen LogP contribution in [-0.4, -0.2) is 27.8 Å². The lowest BCUT2D eigenvalue weighted by molar-refractivity contribution is -0.113. The van der Waals surface area contributed by atoms with Gasteiger partial charge in [-0.1, -0.05) is 46.3 Å². The van der Waals surface area contributed by atoms with Crippen LogP contribution in [0.1, 0.15) is 35.2 Å². The van der Waals surface area contributed by atoms with E-state index in [0.29, 0.717) is 35.3 Å². The Morgan fingerprint density at radius 3 is 2.63 bits per heavy atom. The van der Waals surface area contributed by atoms with E-state index in [9.17, 15) is 4.79 Å². The zero-order valence-electron chi connectivity index (χ0n) is 21.6. The number of carbonyl (C=O) groups is 1. The molecule has 8 nitrogen and oxygen atoms in total. The number of benzene rings is 3. The lowest BCUT2D eigenvalue weighted by atomic mass is 9.94. The number of ether oxygens (including phenoxy) is 2. The molecule has 2 heterocycles. The third kappa shape index (κ3) is 5.02. The molecule has 0 fully saturated rings. The molecule has 1 aliphatic heterocycles. The van der Waals surface area contributed by atoms with Crippen molar-refractivity contribution in [3.05, 3.63) is 105 Å². The van der Waals surface area contributed by atoms with Crippen molar-refractivity contribution in [2.24, 2.45) is 0 Å². The zero-order valence-corrected chi connectivity index (χ0v) is 23.2. The number of nitrogens with zero attached hydrogens (tertiary/aromatic N) is 3. The van der Waals surface area contributed by atoms with E-state index >= 15 is 0 Å². The number of allylic oxidation sites excluding steroid dienone is 1. The number of nitrogens with one attached hydrogen (secondary N) is 2. The number of aromatic nitrogens is 3. The molecule has 4 aromatic rings. The number of hydrogen-bond acceptors (Lipinski definition) is 6. The van der Waals surface area contributed by atoms with Gasteiger partial charge in [-0.15, -0.1) is 0 Å². The van der Waals surface area contributed by atoms with Crippen LogP contribution < -0.4 is 20.1 Å². The van der Waals surface area contributed by atoms with Gasteiger partial charge in [0.25, 0.3) is 5.91 Å². The van der Waals surface area contributed by atoms with E-state index in [-0.39, 0.29) is 5.91 Å². The molecule has 194 valence electrons. The molecule has 1 aliphatic rings. The van der Waals surface area contributed by atoms with E-state index in [0.717, 1.165) is 32.4 Å². The van der Waals surface area contributed by atoms with Crippen LogP contribution in [0.2, 0.25) is 0 Å². The van der Waals surface area contributed by atoms with Crippen molar-refractivity contribution in [1.82, 2.24) is 14.8 Å². The second kappa shape index (κ2) is 10.7. The van der Waals surface area contributed by atoms with E-state index in [1.165, 1.54) is 6.33 Å². The number of rotatable bonds is 7. The fraction of sp³-hybridized carbons (Fsp3) is 0.207. The van der Waals surface area contributed by atoms with Crippen LogP contribution in [0.4, 0.5) is 11.6 Å². The van der Waals surface area contributed by atoms with Crippen molar-refractivity contribution in [2.75, 3.05) is 17.7 Å². The third-order valence-corrected chi connectivity index (χ3v) is 7.23. The lowest BCUT2D eigenvalue weighted by Gasteiger charge is -2.29. The summed E-state index contributed by atoms with van der Waals surface area (Å²) >= 11 is 3.45. The second-order valence-corrected chi connectivity index (χ2v) is 10.0. The smallest absolute Gasteiger partial charge is 0.255 e. The van der Waals surface area contributed by atoms with Crippen molar-refractivity contribution in [3.8, 4) is 11.5 Å². The van der Waals surface area contributed by atoms with E-state index in [4.69, 9.17) is 9.47 Å². The van der Waals surface area contributed by atoms with Gasteiger partial charge in [-0.2, -0.15) is 10.1 Å². The van der Waals surface area contributed by atoms with Gasteiger partial charge in [-0.3, -0.25) is 4.79 Å². The molecule has 2 N–H and O–H groups in total. The summed E-state index contributed by atoms with van der Waals surface area (Å²) in [6.45, 7) is 6.28. The first-order valence-corrected chi connectivity index (χ1v) is 12.9. The minimum absolute atomic E-state index is 0.218. The summed E-state index contributed by atoms with van der Waals surface area (Å²) in [5.41, 5.74) is 5.99. The Morgan fingerprint density at radius 1 is 1.08 bits per heavy atom. The summed E-state index contributed by atoms with van der Waals surface area (Å²) in [4.78, 5) is 18.1. The van der Waals surface area contributed by atoms with Gasteiger partial charge in [0.1, 0.15) is 19.0 Å². The van der Waals surface area contributed by atoms with Crippen molar-refractivity contribution in [1.29, 1.82) is 0 Å². The Hall–Kier alpha value is -4.11. The number of hydrogen-bond donors (Lipinski definition) is 2. The average molecular weight is 574 g/mol. The van der Waals surface area contributed by atoms with Crippen LogP contribution in [0.3, 0.4) is 0 Å². The Morgan fingerprint density at radius 2 is 1.87 bits per heavy atom. The molecule has 0 spiro atoms. The number of carbonyl (C=O) groups excluding carboxylic acids is 1. The van der Waals surface area contributed by atoms with E-state index < -0.39 is 6.04 Å². The fourth-order valence-corrected chi connectivity index (χ4v) is 4.75. The van der Waals surface area contributed by atoms with Crippen LogP contribution in [0.15, 0.2) is 82.7 Å². The second-order valence-electron chi connectivity index (χ2n) is 9.12. The summed E-state index contributed by atoms with van der Waals surface area (Å²) in [7, 11) is 1.60. The minimum Gasteiger partial charge on any atom is -0.493 e. The number of amides is 1. The monoisotopic (exact) mass is 573 g/mol. The molecule has 1 aromatic heterocycles. The molecule has 0 bridgehead atoms. The first-order valence-electron chi connectivity index (χ1n) is 12.2. The van der Waals surface area contributed by atoms with Crippen LogP contribution in [0.25, 0.3) is 0 Å². The summed E-state index contributed by atoms with van der Waals surface area (Å²) in [5, 5.41) is 10.7. The van der Waals surface area contributed by atoms with Gasteiger partial charge in [0.05, 0.1) is 12.7 Å². The Balaban J connectivity index is 1.48. The molecule has 9 heteroatoms. The molecule has 0 saturated carbocycles. The number of halogens is 1. The number of anilines is 2. The normalized spacial score (nSPS) is 14.5. The van der Waals surface area contributed by atoms with Gasteiger partial charge < -0.3 is 20.1 Å². The van der Waals surface area contributed by atoms with Crippen LogP contribution in [0, 0.1) is 13.8 Å². The van der Waals surface area contributed by atoms with Crippen molar-refractivity contribution >= 4 is 33.5 Å². The molecule has 1 atom stereocenters. The maximum atomic E-state index is 13.7. The largest absolute Gasteiger partial charge is 0.493 e. The first kappa shape index (κ1) is 25.5. The fourth-order valence-electron chi connectivity index (χ4n) is 4.48. The highest BCUT2D eigenvalue weighted by molar-refractivity contribution is 9.10. The van der Waals surface area contributed by atoms with Crippen molar-refractivity contribution < 1.29 is 14.3 Å². The number of methoxy groups -OCH3 is 1. The predicted molar refractivity (Wildman–Crippen MR) is 150 cm³/mol. The molecule has 0 saturated heterocycles. The molecule has 1 unspecified atom stereocenters. The summed E-state index contributed by atoms with van der Waals surface area (Å²) in [6.07, 6.45) is 1.47. The highest BCUT2D eigenvalue weighted by atomic mass is 79.9. The Kier molecular flexibility index (Phi) is 7.20. The number of aryl methyl sites for hydroxylation is 1. The van der Waals surface area contributed by atoms with Crippen molar-refractivity contribution in [3.63, 3.8) is 0 Å². The first-order chi connectivity index (χ1) is 18.4. The van der Waals surface area contributed by atoms with Gasteiger partial charge >= 0.3 is 0 Å². The predicted octanol–water partition coefficient (Wildman–Crippen LogP) is 6.17. The summed E-state index contributed by atoms with van der Waals surface area (Å²) in [6, 6.07) is 19.0. The molecule has 3 aromatic carbocycles. The maximum absolute atomic E-state index is 13.7. The standard InChI is InChI=1S/C29H28BrN5O3/c1-17-6-5-7-23(18(17)2)34-28(36)26-19(3)33-29-31-16-32-35(29)27(26)21-10-13-24(25(14-21)37-4)38-15-20-8-11-22(30)12-9-20/h5-14,16,27H,15H2,1-4H3,(H,34,36)(H,31,32,33).